The van der Waals surface area contributed by atoms with E-state index in [9.17, 15) is 4.79 Å². The van der Waals surface area contributed by atoms with Gasteiger partial charge in [0.1, 0.15) is 0 Å². The van der Waals surface area contributed by atoms with Crippen LogP contribution in [0.4, 0.5) is 5.69 Å². The van der Waals surface area contributed by atoms with Gasteiger partial charge in [-0.25, -0.2) is 0 Å². The molecule has 0 unspecified atom stereocenters. The smallest absolute Gasteiger partial charge is 0.226 e. The number of amides is 1. The van der Waals surface area contributed by atoms with Crippen LogP contribution < -0.4 is 5.32 Å². The third-order valence-corrected chi connectivity index (χ3v) is 3.59. The van der Waals surface area contributed by atoms with E-state index in [1.807, 2.05) is 49.4 Å². The summed E-state index contributed by atoms with van der Waals surface area (Å²) in [6.07, 6.45) is 1.27. The maximum atomic E-state index is 12.1. The highest BCUT2D eigenvalue weighted by Crippen LogP contribution is 2.21. The molecule has 116 valence electrons. The van der Waals surface area contributed by atoms with Crippen LogP contribution >= 0.6 is 0 Å². The molecule has 0 atom stereocenters. The number of carbonyl (C=O) groups is 1. The summed E-state index contributed by atoms with van der Waals surface area (Å²) < 4.78 is 5.55. The van der Waals surface area contributed by atoms with Gasteiger partial charge in [-0.2, -0.15) is 0 Å². The van der Waals surface area contributed by atoms with Gasteiger partial charge < -0.3 is 10.1 Å². The van der Waals surface area contributed by atoms with Crippen LogP contribution in [0, 0.1) is 6.92 Å². The summed E-state index contributed by atoms with van der Waals surface area (Å²) in [6.45, 7) is 5.07. The van der Waals surface area contributed by atoms with Crippen molar-refractivity contribution in [2.45, 2.75) is 33.3 Å². The number of aryl methyl sites for hydroxylation is 2. The largest absolute Gasteiger partial charge is 0.376 e. The highest BCUT2D eigenvalue weighted by Gasteiger charge is 2.08. The summed E-state index contributed by atoms with van der Waals surface area (Å²) in [5.74, 6) is -0.00272. The second-order valence-corrected chi connectivity index (χ2v) is 5.30. The molecule has 0 spiro atoms. The summed E-state index contributed by atoms with van der Waals surface area (Å²) >= 11 is 0. The lowest BCUT2D eigenvalue weighted by Crippen LogP contribution is -2.16. The van der Waals surface area contributed by atoms with E-state index < -0.39 is 0 Å². The van der Waals surface area contributed by atoms with Gasteiger partial charge in [-0.15, -0.1) is 0 Å². The summed E-state index contributed by atoms with van der Waals surface area (Å²) in [4.78, 5) is 12.1. The number of ether oxygens (including phenoxy) is 1. The van der Waals surface area contributed by atoms with E-state index in [2.05, 4.69) is 18.3 Å². The fraction of sp³-hybridized carbons (Fsp3) is 0.316. The Hall–Kier alpha value is -2.13. The maximum absolute atomic E-state index is 12.1. The van der Waals surface area contributed by atoms with Gasteiger partial charge >= 0.3 is 0 Å². The Morgan fingerprint density at radius 2 is 1.86 bits per heavy atom. The number of carbonyl (C=O) groups excluding carboxylic acids is 1. The zero-order valence-corrected chi connectivity index (χ0v) is 13.3. The van der Waals surface area contributed by atoms with Crippen LogP contribution in [-0.2, 0) is 22.6 Å². The molecule has 1 N–H and O–H groups in total. The fourth-order valence-electron chi connectivity index (χ4n) is 2.33. The molecule has 0 saturated carbocycles. The Bertz CT molecular complexity index is 608. The molecule has 2 rings (SSSR count). The fourth-order valence-corrected chi connectivity index (χ4v) is 2.33. The molecule has 3 nitrogen and oxygen atoms in total. The van der Waals surface area contributed by atoms with Crippen LogP contribution in [0.25, 0.3) is 0 Å². The number of hydrogen-bond acceptors (Lipinski definition) is 2. The van der Waals surface area contributed by atoms with Crippen molar-refractivity contribution in [1.82, 2.24) is 0 Å². The minimum atomic E-state index is -0.00272. The van der Waals surface area contributed by atoms with E-state index in [-0.39, 0.29) is 5.91 Å². The predicted molar refractivity (Wildman–Crippen MR) is 89.9 cm³/mol. The first-order valence-corrected chi connectivity index (χ1v) is 7.70. The van der Waals surface area contributed by atoms with Crippen molar-refractivity contribution in [2.24, 2.45) is 0 Å². The van der Waals surface area contributed by atoms with Gasteiger partial charge in [-0.3, -0.25) is 4.79 Å². The van der Waals surface area contributed by atoms with Gasteiger partial charge in [0.15, 0.2) is 0 Å². The van der Waals surface area contributed by atoms with Gasteiger partial charge in [0.2, 0.25) is 5.91 Å². The third kappa shape index (κ3) is 4.71. The summed E-state index contributed by atoms with van der Waals surface area (Å²) in [5, 5.41) is 3.01. The van der Waals surface area contributed by atoms with Gasteiger partial charge in [0, 0.05) is 5.69 Å². The topological polar surface area (TPSA) is 38.3 Å². The van der Waals surface area contributed by atoms with Crippen molar-refractivity contribution in [1.29, 1.82) is 0 Å². The molecule has 2 aromatic rings. The molecule has 2 aromatic carbocycles. The van der Waals surface area contributed by atoms with Crippen LogP contribution in [0.15, 0.2) is 48.5 Å². The third-order valence-electron chi connectivity index (χ3n) is 3.59. The zero-order chi connectivity index (χ0) is 15.8. The second kappa shape index (κ2) is 8.35. The molecule has 0 saturated heterocycles. The summed E-state index contributed by atoms with van der Waals surface area (Å²) in [7, 11) is 0. The average molecular weight is 297 g/mol. The second-order valence-electron chi connectivity index (χ2n) is 5.30. The number of nitrogens with one attached hydrogen (secondary N) is 1. The molecule has 3 heteroatoms. The highest BCUT2D eigenvalue weighted by molar-refractivity contribution is 5.92. The first kappa shape index (κ1) is 16.2. The molecule has 1 amide bonds. The van der Waals surface area contributed by atoms with Crippen LogP contribution in [-0.4, -0.2) is 12.5 Å². The minimum absolute atomic E-state index is 0.00272. The number of hydrogen-bond donors (Lipinski definition) is 1. The van der Waals surface area contributed by atoms with E-state index in [1.165, 1.54) is 5.56 Å². The lowest BCUT2D eigenvalue weighted by Gasteiger charge is -2.13. The molecule has 0 aliphatic carbocycles. The SMILES string of the molecule is CCc1cccc(C)c1NC(=O)CCOCc1ccccc1. The van der Waals surface area contributed by atoms with E-state index in [0.717, 1.165) is 23.2 Å². The Kier molecular flexibility index (Phi) is 6.16. The van der Waals surface area contributed by atoms with Crippen molar-refractivity contribution < 1.29 is 9.53 Å². The molecule has 0 heterocycles. The molecule has 0 aliphatic heterocycles. The molecule has 0 fully saturated rings. The van der Waals surface area contributed by atoms with Gasteiger partial charge in [0.25, 0.3) is 0 Å². The van der Waals surface area contributed by atoms with E-state index in [0.29, 0.717) is 19.6 Å². The van der Waals surface area contributed by atoms with E-state index >= 15 is 0 Å². The molecule has 0 aliphatic rings. The highest BCUT2D eigenvalue weighted by atomic mass is 16.5. The van der Waals surface area contributed by atoms with Gasteiger partial charge in [-0.05, 0) is 30.0 Å². The summed E-state index contributed by atoms with van der Waals surface area (Å²) in [5.41, 5.74) is 4.32. The van der Waals surface area contributed by atoms with E-state index in [1.54, 1.807) is 0 Å². The maximum Gasteiger partial charge on any atom is 0.226 e. The Labute approximate surface area is 132 Å². The van der Waals surface area contributed by atoms with Crippen molar-refractivity contribution in [3.8, 4) is 0 Å². The number of benzene rings is 2. The quantitative estimate of drug-likeness (QED) is 0.781. The van der Waals surface area contributed by atoms with Crippen LogP contribution in [0.5, 0.6) is 0 Å². The molecule has 0 radical (unpaired) electrons. The van der Waals surface area contributed by atoms with Crippen LogP contribution in [0.3, 0.4) is 0 Å². The normalized spacial score (nSPS) is 10.5. The molecular formula is C19H23NO2. The van der Waals surface area contributed by atoms with Crippen molar-refractivity contribution in [3.05, 3.63) is 65.2 Å². The van der Waals surface area contributed by atoms with Crippen LogP contribution in [0.2, 0.25) is 0 Å². The number of anilines is 1. The summed E-state index contributed by atoms with van der Waals surface area (Å²) in [6, 6.07) is 16.1. The van der Waals surface area contributed by atoms with Gasteiger partial charge in [0.05, 0.1) is 19.6 Å². The number of rotatable bonds is 7. The Morgan fingerprint density at radius 1 is 1.09 bits per heavy atom. The lowest BCUT2D eigenvalue weighted by molar-refractivity contribution is -0.117. The van der Waals surface area contributed by atoms with Crippen LogP contribution in [0.1, 0.15) is 30.0 Å². The first-order chi connectivity index (χ1) is 10.7. The average Bonchev–Trinajstić information content (AvgIpc) is 2.54. The lowest BCUT2D eigenvalue weighted by atomic mass is 10.1. The predicted octanol–water partition coefficient (Wildman–Crippen LogP) is 4.10. The molecule has 0 aromatic heterocycles. The molecule has 0 bridgehead atoms. The van der Waals surface area contributed by atoms with Crippen molar-refractivity contribution >= 4 is 11.6 Å². The van der Waals surface area contributed by atoms with E-state index in [4.69, 9.17) is 4.74 Å². The molecular weight excluding hydrogens is 274 g/mol. The Morgan fingerprint density at radius 3 is 2.59 bits per heavy atom. The van der Waals surface area contributed by atoms with Crippen molar-refractivity contribution in [2.75, 3.05) is 11.9 Å². The minimum Gasteiger partial charge on any atom is -0.376 e. The monoisotopic (exact) mass is 297 g/mol. The van der Waals surface area contributed by atoms with Gasteiger partial charge in [-0.1, -0.05) is 55.5 Å². The first-order valence-electron chi connectivity index (χ1n) is 7.70. The zero-order valence-electron chi connectivity index (χ0n) is 13.3. The Balaban J connectivity index is 1.79. The van der Waals surface area contributed by atoms with Crippen molar-refractivity contribution in [3.63, 3.8) is 0 Å². The molecule has 22 heavy (non-hydrogen) atoms. The number of para-hydroxylation sites is 1. The standard InChI is InChI=1S/C19H23NO2/c1-3-17-11-7-8-15(2)19(17)20-18(21)12-13-22-14-16-9-5-4-6-10-16/h4-11H,3,12-14H2,1-2H3,(H,20,21).